The van der Waals surface area contributed by atoms with Crippen molar-refractivity contribution in [2.45, 2.75) is 113 Å². The average molecular weight is 837 g/mol. The van der Waals surface area contributed by atoms with Crippen molar-refractivity contribution >= 4 is 28.5 Å². The van der Waals surface area contributed by atoms with Crippen LogP contribution in [0.3, 0.4) is 0 Å². The van der Waals surface area contributed by atoms with Crippen LogP contribution in [0.2, 0.25) is 0 Å². The molecular weight excluding hydrogens is 777 g/mol. The third kappa shape index (κ3) is 6.89. The van der Waals surface area contributed by atoms with Gasteiger partial charge in [0.25, 0.3) is 0 Å². The third-order valence-electron chi connectivity index (χ3n) is 17.3. The van der Waals surface area contributed by atoms with Crippen molar-refractivity contribution in [3.8, 4) is 11.8 Å². The highest BCUT2D eigenvalue weighted by molar-refractivity contribution is 8.04. The molecular formula is C62H60S. The quantitative estimate of drug-likeness (QED) is 0.161. The Bertz CT molecular complexity index is 2720. The van der Waals surface area contributed by atoms with Gasteiger partial charge < -0.3 is 0 Å². The summed E-state index contributed by atoms with van der Waals surface area (Å²) in [5, 5.41) is 0.581. The van der Waals surface area contributed by atoms with Gasteiger partial charge in [-0.25, -0.2) is 0 Å². The molecule has 0 amide bonds. The summed E-state index contributed by atoms with van der Waals surface area (Å²) in [7, 11) is 0. The van der Waals surface area contributed by atoms with E-state index in [1.807, 2.05) is 6.08 Å². The van der Waals surface area contributed by atoms with Gasteiger partial charge in [0.2, 0.25) is 0 Å². The van der Waals surface area contributed by atoms with Crippen LogP contribution in [0, 0.1) is 46.8 Å². The lowest BCUT2D eigenvalue weighted by Crippen LogP contribution is -2.27. The van der Waals surface area contributed by atoms with Crippen molar-refractivity contribution < 1.29 is 0 Å². The highest BCUT2D eigenvalue weighted by Crippen LogP contribution is 2.69. The topological polar surface area (TPSA) is 0 Å². The Morgan fingerprint density at radius 1 is 0.730 bits per heavy atom. The van der Waals surface area contributed by atoms with Gasteiger partial charge in [-0.3, -0.25) is 0 Å². The van der Waals surface area contributed by atoms with E-state index in [2.05, 4.69) is 157 Å². The Balaban J connectivity index is 0.686. The molecule has 0 saturated heterocycles. The molecule has 0 N–H and O–H groups in total. The molecule has 1 heteroatoms. The summed E-state index contributed by atoms with van der Waals surface area (Å²) >= 11 is 2.23. The summed E-state index contributed by atoms with van der Waals surface area (Å²) in [6.07, 6.45) is 44.8. The van der Waals surface area contributed by atoms with Gasteiger partial charge in [0.1, 0.15) is 0 Å². The van der Waals surface area contributed by atoms with E-state index in [9.17, 15) is 0 Å². The first-order valence-electron chi connectivity index (χ1n) is 24.9. The lowest BCUT2D eigenvalue weighted by molar-refractivity contribution is 0.499. The van der Waals surface area contributed by atoms with E-state index in [4.69, 9.17) is 0 Å². The van der Waals surface area contributed by atoms with E-state index < -0.39 is 0 Å². The number of allylic oxidation sites excluding steroid dienone is 16. The van der Waals surface area contributed by atoms with Gasteiger partial charge in [-0.05, 0) is 199 Å². The number of thioether (sulfide) groups is 1. The molecule has 0 radical (unpaired) electrons. The molecule has 9 aliphatic carbocycles. The fourth-order valence-corrected chi connectivity index (χ4v) is 15.7. The van der Waals surface area contributed by atoms with E-state index in [0.717, 1.165) is 24.2 Å². The largest absolute Gasteiger partial charge is 0.117 e. The third-order valence-corrected chi connectivity index (χ3v) is 18.9. The van der Waals surface area contributed by atoms with Gasteiger partial charge in [0.05, 0.1) is 0 Å². The molecule has 0 nitrogen and oxygen atoms in total. The monoisotopic (exact) mass is 836 g/mol. The Labute approximate surface area is 380 Å². The summed E-state index contributed by atoms with van der Waals surface area (Å²) in [4.78, 5) is 1.62. The first-order chi connectivity index (χ1) is 31.2. The molecule has 63 heavy (non-hydrogen) atoms. The first-order valence-corrected chi connectivity index (χ1v) is 25.8. The second-order valence-corrected chi connectivity index (χ2v) is 21.9. The minimum absolute atomic E-state index is 0.218. The number of rotatable bonds is 8. The van der Waals surface area contributed by atoms with E-state index in [1.165, 1.54) is 117 Å². The molecule has 0 spiro atoms. The zero-order chi connectivity index (χ0) is 41.5. The van der Waals surface area contributed by atoms with Crippen molar-refractivity contribution in [1.29, 1.82) is 0 Å². The maximum atomic E-state index is 3.43. The smallest absolute Gasteiger partial charge is 0.0490 e. The van der Waals surface area contributed by atoms with E-state index in [-0.39, 0.29) is 5.41 Å². The molecule has 13 rings (SSSR count). The molecule has 314 valence electrons. The van der Waals surface area contributed by atoms with Crippen molar-refractivity contribution in [2.75, 3.05) is 0 Å². The van der Waals surface area contributed by atoms with Crippen LogP contribution in [0.1, 0.15) is 141 Å². The number of benzene rings is 3. The van der Waals surface area contributed by atoms with Gasteiger partial charge in [-0.15, -0.1) is 11.8 Å². The fraction of sp³-hybridized carbons (Fsp3) is 0.387. The summed E-state index contributed by atoms with van der Waals surface area (Å²) in [5.41, 5.74) is 18.7. The molecule has 0 aromatic heterocycles. The first kappa shape index (κ1) is 38.7. The zero-order valence-corrected chi connectivity index (χ0v) is 37.6. The standard InChI is InChI=1S/C62H60S/c1-2-12-40(13-3-1)43-14-6-19-48(34-43)50-32-33-62(39-52(62)38-50)58-27-11-26-57-56-25-10-24-53(60(56)63-61(57)58)42-30-28-41(29-31-42)44-15-7-16-45(35-44)46-17-8-18-47(36-46)49-20-9-21-51(37-49)59-54-22-4-5-23-55(54)59/h1-2,4,6,9,14,17,19-22,24,27-35,37-38,40,45,47,52,54-55,57,59,61H,5,7-8,10-12,15-16,18,23,25-26,36,39H2/t40?,45?,47?,52?,54?,55-,57?,59?,61?,62?/m0/s1. The molecule has 3 aromatic carbocycles. The number of hydrogen-bond acceptors (Lipinski definition) is 1. The Hall–Kier alpha value is -4.77. The molecule has 2 saturated carbocycles. The van der Waals surface area contributed by atoms with Crippen LogP contribution in [-0.4, -0.2) is 5.25 Å². The van der Waals surface area contributed by atoms with Gasteiger partial charge in [0, 0.05) is 21.5 Å². The van der Waals surface area contributed by atoms with Crippen LogP contribution >= 0.6 is 11.8 Å². The van der Waals surface area contributed by atoms with Crippen molar-refractivity contribution in [3.05, 3.63) is 195 Å². The molecule has 1 heterocycles. The maximum Gasteiger partial charge on any atom is 0.0490 e. The molecule has 10 atom stereocenters. The minimum atomic E-state index is 0.218. The van der Waals surface area contributed by atoms with Crippen LogP contribution < -0.4 is 0 Å². The predicted molar refractivity (Wildman–Crippen MR) is 266 cm³/mol. The van der Waals surface area contributed by atoms with Crippen LogP contribution in [-0.2, 0) is 0 Å². The molecule has 1 aliphatic heterocycles. The van der Waals surface area contributed by atoms with Gasteiger partial charge in [-0.1, -0.05) is 150 Å². The summed E-state index contributed by atoms with van der Waals surface area (Å²) < 4.78 is 0. The lowest BCUT2D eigenvalue weighted by atomic mass is 9.73. The molecule has 0 bridgehead atoms. The summed E-state index contributed by atoms with van der Waals surface area (Å²) in [6.45, 7) is 0. The van der Waals surface area contributed by atoms with Crippen LogP contribution in [0.25, 0.3) is 16.7 Å². The van der Waals surface area contributed by atoms with Crippen LogP contribution in [0.15, 0.2) is 161 Å². The van der Waals surface area contributed by atoms with Gasteiger partial charge in [0.15, 0.2) is 0 Å². The Morgan fingerprint density at radius 2 is 1.62 bits per heavy atom. The zero-order valence-electron chi connectivity index (χ0n) is 36.8. The molecule has 2 fully saturated rings. The summed E-state index contributed by atoms with van der Waals surface area (Å²) in [6, 6.07) is 28.9. The molecule has 10 aliphatic rings. The average Bonchev–Trinajstić information content (AvgIpc) is 4.25. The Morgan fingerprint density at radius 3 is 2.51 bits per heavy atom. The normalized spacial score (nSPS) is 34.5. The second-order valence-electron chi connectivity index (χ2n) is 20.8. The highest BCUT2D eigenvalue weighted by Gasteiger charge is 2.59. The lowest BCUT2D eigenvalue weighted by Gasteiger charge is -2.33. The maximum absolute atomic E-state index is 3.43. The second kappa shape index (κ2) is 15.7. The van der Waals surface area contributed by atoms with Crippen LogP contribution in [0.5, 0.6) is 0 Å². The van der Waals surface area contributed by atoms with Crippen molar-refractivity contribution in [1.82, 2.24) is 0 Å². The van der Waals surface area contributed by atoms with Crippen molar-refractivity contribution in [2.24, 2.45) is 35.0 Å². The van der Waals surface area contributed by atoms with Gasteiger partial charge in [-0.2, -0.15) is 0 Å². The van der Waals surface area contributed by atoms with E-state index in [1.54, 1.807) is 38.3 Å². The van der Waals surface area contributed by atoms with E-state index in [0.29, 0.717) is 34.8 Å². The van der Waals surface area contributed by atoms with Gasteiger partial charge >= 0.3 is 0 Å². The number of hydrogen-bond donors (Lipinski definition) is 0. The number of fused-ring (bicyclic) bond motifs is 4. The molecule has 3 aromatic rings. The molecule has 9 unspecified atom stereocenters. The predicted octanol–water partition coefficient (Wildman–Crippen LogP) is 16.0. The summed E-state index contributed by atoms with van der Waals surface area (Å²) in [5.74, 6) is 12.0. The van der Waals surface area contributed by atoms with E-state index >= 15 is 0 Å². The fourth-order valence-electron chi connectivity index (χ4n) is 13.9. The minimum Gasteiger partial charge on any atom is -0.117 e. The Kier molecular flexibility index (Phi) is 9.66. The van der Waals surface area contributed by atoms with Crippen LogP contribution in [0.4, 0.5) is 0 Å². The highest BCUT2D eigenvalue weighted by atomic mass is 32.2. The van der Waals surface area contributed by atoms with Crippen molar-refractivity contribution in [3.63, 3.8) is 0 Å². The SMILES string of the molecule is C1#CC(c2cccc(C3=CC4CC4(C4=CCCC5C6=C(SC45)C(c4ccc(C5=CC(C7=CCCC(c8cccc(C9C%10C=CCC[C@@H]%109)c8)C7)CCC5)cc4)=CCC6)C=C3)c2)CC=C1.